The first kappa shape index (κ1) is 13.8. The molecule has 0 heterocycles. The van der Waals surface area contributed by atoms with Crippen molar-refractivity contribution in [2.75, 3.05) is 21.3 Å². The number of alkyl halides is 3. The first-order valence-corrected chi connectivity index (χ1v) is 5.20. The lowest BCUT2D eigenvalue weighted by molar-refractivity contribution is 0.140. The highest BCUT2D eigenvalue weighted by Gasteiger charge is 2.27. The Morgan fingerprint density at radius 2 is 1.47 bits per heavy atom. The number of ether oxygens (including phenoxy) is 3. The number of benzene rings is 1. The molecule has 0 bridgehead atoms. The van der Waals surface area contributed by atoms with Crippen LogP contribution < -0.4 is 14.2 Å². The van der Waals surface area contributed by atoms with Crippen LogP contribution in [0.1, 0.15) is 10.9 Å². The quantitative estimate of drug-likeness (QED) is 0.766. The Morgan fingerprint density at radius 3 is 1.76 bits per heavy atom. The molecule has 1 atom stereocenters. The molecule has 0 aromatic heterocycles. The Kier molecular flexibility index (Phi) is 4.81. The minimum Gasteiger partial charge on any atom is -0.496 e. The van der Waals surface area contributed by atoms with E-state index in [2.05, 4.69) is 0 Å². The SMILES string of the molecule is COc1cc(OC)c(C(Cl)C(F)F)c(OC)c1. The molecule has 1 unspecified atom stereocenters. The molecule has 0 radical (unpaired) electrons. The van der Waals surface area contributed by atoms with Gasteiger partial charge in [-0.25, -0.2) is 8.78 Å². The lowest BCUT2D eigenvalue weighted by Gasteiger charge is -2.18. The number of halogens is 3. The molecule has 6 heteroatoms. The first-order valence-electron chi connectivity index (χ1n) is 4.77. The summed E-state index contributed by atoms with van der Waals surface area (Å²) in [6.45, 7) is 0. The van der Waals surface area contributed by atoms with E-state index < -0.39 is 11.8 Å². The highest BCUT2D eigenvalue weighted by Crippen LogP contribution is 2.43. The molecule has 0 aliphatic heterocycles. The van der Waals surface area contributed by atoms with Crippen LogP contribution in [0.2, 0.25) is 0 Å². The van der Waals surface area contributed by atoms with Gasteiger partial charge in [0, 0.05) is 12.1 Å². The van der Waals surface area contributed by atoms with E-state index in [1.54, 1.807) is 0 Å². The number of hydrogen-bond acceptors (Lipinski definition) is 3. The van der Waals surface area contributed by atoms with Gasteiger partial charge in [-0.1, -0.05) is 0 Å². The average Bonchev–Trinajstić information content (AvgIpc) is 2.35. The van der Waals surface area contributed by atoms with Gasteiger partial charge in [-0.15, -0.1) is 11.6 Å². The van der Waals surface area contributed by atoms with Gasteiger partial charge in [-0.2, -0.15) is 0 Å². The van der Waals surface area contributed by atoms with Gasteiger partial charge >= 0.3 is 0 Å². The normalized spacial score (nSPS) is 12.4. The largest absolute Gasteiger partial charge is 0.496 e. The maximum atomic E-state index is 12.7. The van der Waals surface area contributed by atoms with Crippen LogP contribution in [-0.4, -0.2) is 27.8 Å². The molecule has 0 saturated carbocycles. The monoisotopic (exact) mass is 266 g/mol. The highest BCUT2D eigenvalue weighted by molar-refractivity contribution is 6.21. The molecule has 1 aromatic carbocycles. The minimum atomic E-state index is -2.71. The van der Waals surface area contributed by atoms with Gasteiger partial charge in [-0.05, 0) is 0 Å². The van der Waals surface area contributed by atoms with Gasteiger partial charge in [0.15, 0.2) is 0 Å². The molecule has 0 aliphatic carbocycles. The van der Waals surface area contributed by atoms with Gasteiger partial charge < -0.3 is 14.2 Å². The molecule has 0 N–H and O–H groups in total. The van der Waals surface area contributed by atoms with Crippen molar-refractivity contribution in [3.05, 3.63) is 17.7 Å². The maximum absolute atomic E-state index is 12.7. The fraction of sp³-hybridized carbons (Fsp3) is 0.455. The zero-order valence-corrected chi connectivity index (χ0v) is 10.4. The predicted octanol–water partition coefficient (Wildman–Crippen LogP) is 3.26. The van der Waals surface area contributed by atoms with Crippen molar-refractivity contribution in [2.45, 2.75) is 11.8 Å². The van der Waals surface area contributed by atoms with Crippen molar-refractivity contribution in [2.24, 2.45) is 0 Å². The third-order valence-corrected chi connectivity index (χ3v) is 2.66. The van der Waals surface area contributed by atoms with E-state index in [0.29, 0.717) is 5.75 Å². The van der Waals surface area contributed by atoms with Gasteiger partial charge in [-0.3, -0.25) is 0 Å². The van der Waals surface area contributed by atoms with Crippen molar-refractivity contribution >= 4 is 11.6 Å². The second-order valence-electron chi connectivity index (χ2n) is 3.18. The fourth-order valence-electron chi connectivity index (χ4n) is 1.43. The van der Waals surface area contributed by atoms with E-state index in [0.717, 1.165) is 0 Å². The lowest BCUT2D eigenvalue weighted by atomic mass is 10.1. The van der Waals surface area contributed by atoms with Crippen LogP contribution in [0.15, 0.2) is 12.1 Å². The molecule has 3 nitrogen and oxygen atoms in total. The third-order valence-electron chi connectivity index (χ3n) is 2.25. The van der Waals surface area contributed by atoms with Crippen LogP contribution in [-0.2, 0) is 0 Å². The second-order valence-corrected chi connectivity index (χ2v) is 3.65. The summed E-state index contributed by atoms with van der Waals surface area (Å²) in [5.41, 5.74) is 0.118. The standard InChI is InChI=1S/C11H13ClF2O3/c1-15-6-4-7(16-2)9(8(5-6)17-3)10(12)11(13)14/h4-5,10-11H,1-3H3. The molecule has 0 spiro atoms. The summed E-state index contributed by atoms with van der Waals surface area (Å²) in [7, 11) is 4.19. The number of rotatable bonds is 5. The molecule has 0 aliphatic rings. The van der Waals surface area contributed by atoms with Gasteiger partial charge in [0.2, 0.25) is 0 Å². The summed E-state index contributed by atoms with van der Waals surface area (Å²) in [6.07, 6.45) is -2.71. The van der Waals surface area contributed by atoms with Crippen LogP contribution in [0, 0.1) is 0 Å². The molecule has 0 saturated heterocycles. The smallest absolute Gasteiger partial charge is 0.259 e. The Labute approximate surface area is 103 Å². The van der Waals surface area contributed by atoms with E-state index in [9.17, 15) is 8.78 Å². The van der Waals surface area contributed by atoms with Crippen LogP contribution >= 0.6 is 11.6 Å². The van der Waals surface area contributed by atoms with Crippen molar-refractivity contribution in [3.63, 3.8) is 0 Å². The summed E-state index contributed by atoms with van der Waals surface area (Å²) < 4.78 is 40.4. The summed E-state index contributed by atoms with van der Waals surface area (Å²) in [5.74, 6) is 0.864. The Hall–Kier alpha value is -1.23. The van der Waals surface area contributed by atoms with E-state index in [1.165, 1.54) is 33.5 Å². The molecule has 1 aromatic rings. The first-order chi connectivity index (χ1) is 8.04. The molecule has 0 fully saturated rings. The summed E-state index contributed by atoms with van der Waals surface area (Å²) in [6, 6.07) is 2.96. The van der Waals surface area contributed by atoms with Crippen molar-refractivity contribution < 1.29 is 23.0 Å². The van der Waals surface area contributed by atoms with E-state index in [1.807, 2.05) is 0 Å². The predicted molar refractivity (Wildman–Crippen MR) is 60.7 cm³/mol. The van der Waals surface area contributed by atoms with Crippen LogP contribution in [0.5, 0.6) is 17.2 Å². The van der Waals surface area contributed by atoms with Crippen LogP contribution in [0.4, 0.5) is 8.78 Å². The second kappa shape index (κ2) is 5.91. The molecular weight excluding hydrogens is 254 g/mol. The molecule has 96 valence electrons. The highest BCUT2D eigenvalue weighted by atomic mass is 35.5. The minimum absolute atomic E-state index is 0.118. The zero-order chi connectivity index (χ0) is 13.0. The average molecular weight is 267 g/mol. The Balaban J connectivity index is 3.34. The number of hydrogen-bond donors (Lipinski definition) is 0. The molecular formula is C11H13ClF2O3. The fourth-order valence-corrected chi connectivity index (χ4v) is 1.65. The number of methoxy groups -OCH3 is 3. The molecule has 17 heavy (non-hydrogen) atoms. The molecule has 1 rings (SSSR count). The van der Waals surface area contributed by atoms with Gasteiger partial charge in [0.1, 0.15) is 22.6 Å². The zero-order valence-electron chi connectivity index (χ0n) is 9.67. The lowest BCUT2D eigenvalue weighted by Crippen LogP contribution is -2.07. The van der Waals surface area contributed by atoms with Gasteiger partial charge in [0.05, 0.1) is 26.9 Å². The topological polar surface area (TPSA) is 27.7 Å². The van der Waals surface area contributed by atoms with E-state index >= 15 is 0 Å². The Morgan fingerprint density at radius 1 is 1.00 bits per heavy atom. The van der Waals surface area contributed by atoms with E-state index in [-0.39, 0.29) is 17.1 Å². The van der Waals surface area contributed by atoms with Crippen LogP contribution in [0.3, 0.4) is 0 Å². The summed E-state index contributed by atoms with van der Waals surface area (Å²) >= 11 is 5.65. The molecule has 0 amide bonds. The van der Waals surface area contributed by atoms with Crippen molar-refractivity contribution in [1.82, 2.24) is 0 Å². The van der Waals surface area contributed by atoms with Gasteiger partial charge in [0.25, 0.3) is 6.43 Å². The van der Waals surface area contributed by atoms with Crippen LogP contribution in [0.25, 0.3) is 0 Å². The van der Waals surface area contributed by atoms with Crippen molar-refractivity contribution in [3.8, 4) is 17.2 Å². The summed E-state index contributed by atoms with van der Waals surface area (Å²) in [5, 5.41) is -1.49. The summed E-state index contributed by atoms with van der Waals surface area (Å²) in [4.78, 5) is 0. The van der Waals surface area contributed by atoms with Crippen molar-refractivity contribution in [1.29, 1.82) is 0 Å². The van der Waals surface area contributed by atoms with E-state index in [4.69, 9.17) is 25.8 Å². The third kappa shape index (κ3) is 2.91. The Bertz CT molecular complexity index is 360. The maximum Gasteiger partial charge on any atom is 0.259 e.